The summed E-state index contributed by atoms with van der Waals surface area (Å²) in [6.45, 7) is 2.14. The lowest BCUT2D eigenvalue weighted by Gasteiger charge is -2.28. The molecule has 0 bridgehead atoms. The zero-order chi connectivity index (χ0) is 13.4. The van der Waals surface area contributed by atoms with Crippen molar-refractivity contribution in [2.24, 2.45) is 0 Å². The van der Waals surface area contributed by atoms with Gasteiger partial charge in [-0.2, -0.15) is 0 Å². The van der Waals surface area contributed by atoms with Crippen LogP contribution in [0.15, 0.2) is 40.9 Å². The van der Waals surface area contributed by atoms with Crippen molar-refractivity contribution in [2.45, 2.75) is 25.8 Å². The fraction of sp³-hybridized carbons (Fsp3) is 0.250. The molecule has 0 fully saturated rings. The first-order chi connectivity index (χ1) is 9.13. The molecule has 0 saturated heterocycles. The molecule has 1 N–H and O–H groups in total. The largest absolute Gasteiger partial charge is 0.377 e. The molecule has 98 valence electrons. The zero-order valence-electron chi connectivity index (χ0n) is 10.7. The highest BCUT2D eigenvalue weighted by molar-refractivity contribution is 9.10. The lowest BCUT2D eigenvalue weighted by Crippen LogP contribution is -2.18. The summed E-state index contributed by atoms with van der Waals surface area (Å²) in [5.41, 5.74) is 5.23. The van der Waals surface area contributed by atoms with Gasteiger partial charge in [0.1, 0.15) is 0 Å². The van der Waals surface area contributed by atoms with E-state index >= 15 is 0 Å². The molecule has 1 atom stereocenters. The van der Waals surface area contributed by atoms with Crippen molar-refractivity contribution in [3.8, 4) is 0 Å². The Kier molecular flexibility index (Phi) is 3.55. The van der Waals surface area contributed by atoms with Gasteiger partial charge in [-0.1, -0.05) is 29.8 Å². The Morgan fingerprint density at radius 1 is 1.21 bits per heavy atom. The van der Waals surface area contributed by atoms with E-state index in [-0.39, 0.29) is 0 Å². The molecule has 19 heavy (non-hydrogen) atoms. The predicted molar refractivity (Wildman–Crippen MR) is 85.0 cm³/mol. The van der Waals surface area contributed by atoms with Crippen molar-refractivity contribution in [1.29, 1.82) is 0 Å². The summed E-state index contributed by atoms with van der Waals surface area (Å²) in [4.78, 5) is 0. The van der Waals surface area contributed by atoms with Gasteiger partial charge in [-0.3, -0.25) is 0 Å². The third-order valence-corrected chi connectivity index (χ3v) is 4.49. The van der Waals surface area contributed by atoms with Crippen LogP contribution in [-0.4, -0.2) is 0 Å². The Morgan fingerprint density at radius 3 is 2.68 bits per heavy atom. The molecular weight excluding hydrogens is 322 g/mol. The fourth-order valence-corrected chi connectivity index (χ4v) is 3.52. The molecule has 1 nitrogen and oxygen atoms in total. The Balaban J connectivity index is 1.92. The molecule has 1 aliphatic rings. The maximum Gasteiger partial charge on any atom is 0.0522 e. The normalized spacial score (nSPS) is 17.7. The maximum atomic E-state index is 5.95. The smallest absolute Gasteiger partial charge is 0.0522 e. The standard InChI is InChI=1S/C16H15BrClN/c1-10-8-12-4-7-15(19-16(12)14(17)9-10)11-2-5-13(18)6-3-11/h2-3,5-6,8-9,15,19H,4,7H2,1H3. The lowest BCUT2D eigenvalue weighted by atomic mass is 9.92. The predicted octanol–water partition coefficient (Wildman–Crippen LogP) is 5.51. The van der Waals surface area contributed by atoms with Gasteiger partial charge in [0.15, 0.2) is 0 Å². The van der Waals surface area contributed by atoms with Gasteiger partial charge >= 0.3 is 0 Å². The van der Waals surface area contributed by atoms with Gasteiger partial charge in [-0.15, -0.1) is 0 Å². The Bertz CT molecular complexity index is 607. The maximum absolute atomic E-state index is 5.95. The molecule has 2 aromatic rings. The van der Waals surface area contributed by atoms with E-state index in [1.165, 1.54) is 22.4 Å². The quantitative estimate of drug-likeness (QED) is 0.724. The van der Waals surface area contributed by atoms with E-state index in [1.807, 2.05) is 12.1 Å². The summed E-state index contributed by atoms with van der Waals surface area (Å²) in [6, 6.07) is 12.9. The summed E-state index contributed by atoms with van der Waals surface area (Å²) in [5, 5.41) is 4.43. The van der Waals surface area contributed by atoms with E-state index in [9.17, 15) is 0 Å². The van der Waals surface area contributed by atoms with Crippen LogP contribution in [0.3, 0.4) is 0 Å². The summed E-state index contributed by atoms with van der Waals surface area (Å²) < 4.78 is 1.15. The summed E-state index contributed by atoms with van der Waals surface area (Å²) >= 11 is 9.61. The second-order valence-corrected chi connectivity index (χ2v) is 6.36. The fourth-order valence-electron chi connectivity index (χ4n) is 2.66. The van der Waals surface area contributed by atoms with Crippen LogP contribution in [0.2, 0.25) is 5.02 Å². The summed E-state index contributed by atoms with van der Waals surface area (Å²) in [5.74, 6) is 0. The van der Waals surface area contributed by atoms with Crippen LogP contribution in [0.1, 0.15) is 29.2 Å². The molecule has 1 heterocycles. The van der Waals surface area contributed by atoms with Crippen molar-refractivity contribution < 1.29 is 0 Å². The van der Waals surface area contributed by atoms with Gasteiger partial charge in [0.05, 0.1) is 11.7 Å². The number of aryl methyl sites for hydroxylation is 2. The topological polar surface area (TPSA) is 12.0 Å². The molecule has 3 rings (SSSR count). The Hall–Kier alpha value is -0.990. The zero-order valence-corrected chi connectivity index (χ0v) is 13.1. The molecule has 0 saturated carbocycles. The van der Waals surface area contributed by atoms with E-state index in [1.54, 1.807) is 0 Å². The van der Waals surface area contributed by atoms with Crippen LogP contribution in [0.5, 0.6) is 0 Å². The molecule has 3 heteroatoms. The number of fused-ring (bicyclic) bond motifs is 1. The van der Waals surface area contributed by atoms with Gasteiger partial charge in [-0.25, -0.2) is 0 Å². The van der Waals surface area contributed by atoms with Crippen molar-refractivity contribution >= 4 is 33.2 Å². The number of benzene rings is 2. The third-order valence-electron chi connectivity index (χ3n) is 3.61. The average Bonchev–Trinajstić information content (AvgIpc) is 2.39. The molecule has 0 aliphatic carbocycles. The second-order valence-electron chi connectivity index (χ2n) is 5.07. The monoisotopic (exact) mass is 335 g/mol. The van der Waals surface area contributed by atoms with E-state index < -0.39 is 0 Å². The van der Waals surface area contributed by atoms with Crippen molar-refractivity contribution in [2.75, 3.05) is 5.32 Å². The first-order valence-corrected chi connectivity index (χ1v) is 7.61. The van der Waals surface area contributed by atoms with Crippen LogP contribution in [0, 0.1) is 6.92 Å². The van der Waals surface area contributed by atoms with Crippen molar-refractivity contribution in [1.82, 2.24) is 0 Å². The molecule has 1 unspecified atom stereocenters. The minimum absolute atomic E-state index is 0.365. The number of hydrogen-bond donors (Lipinski definition) is 1. The highest BCUT2D eigenvalue weighted by Gasteiger charge is 2.21. The molecule has 0 amide bonds. The second kappa shape index (κ2) is 5.18. The average molecular weight is 337 g/mol. The van der Waals surface area contributed by atoms with Gasteiger partial charge < -0.3 is 5.32 Å². The highest BCUT2D eigenvalue weighted by Crippen LogP contribution is 2.38. The summed E-state index contributed by atoms with van der Waals surface area (Å²) in [7, 11) is 0. The summed E-state index contributed by atoms with van der Waals surface area (Å²) in [6.07, 6.45) is 2.22. The molecule has 0 spiro atoms. The van der Waals surface area contributed by atoms with E-state index in [2.05, 4.69) is 52.4 Å². The number of halogens is 2. The minimum Gasteiger partial charge on any atom is -0.377 e. The van der Waals surface area contributed by atoms with Crippen LogP contribution in [0.25, 0.3) is 0 Å². The van der Waals surface area contributed by atoms with Crippen molar-refractivity contribution in [3.05, 3.63) is 62.6 Å². The third kappa shape index (κ3) is 2.65. The SMILES string of the molecule is Cc1cc(Br)c2c(c1)CCC(c1ccc(Cl)cc1)N2. The molecule has 0 radical (unpaired) electrons. The minimum atomic E-state index is 0.365. The lowest BCUT2D eigenvalue weighted by molar-refractivity contribution is 0.666. The van der Waals surface area contributed by atoms with Gasteiger partial charge in [0.2, 0.25) is 0 Å². The molecule has 1 aliphatic heterocycles. The van der Waals surface area contributed by atoms with Gasteiger partial charge in [0, 0.05) is 9.50 Å². The first kappa shape index (κ1) is 13.0. The highest BCUT2D eigenvalue weighted by atomic mass is 79.9. The Morgan fingerprint density at radius 2 is 1.95 bits per heavy atom. The number of anilines is 1. The number of hydrogen-bond acceptors (Lipinski definition) is 1. The Labute approximate surface area is 127 Å². The van der Waals surface area contributed by atoms with Crippen LogP contribution in [0.4, 0.5) is 5.69 Å². The van der Waals surface area contributed by atoms with Crippen LogP contribution in [-0.2, 0) is 6.42 Å². The molecular formula is C16H15BrClN. The van der Waals surface area contributed by atoms with E-state index in [0.717, 1.165) is 22.3 Å². The van der Waals surface area contributed by atoms with Crippen LogP contribution >= 0.6 is 27.5 Å². The van der Waals surface area contributed by atoms with E-state index in [0.29, 0.717) is 6.04 Å². The molecule has 0 aromatic heterocycles. The molecule has 2 aromatic carbocycles. The number of nitrogens with one attached hydrogen (secondary N) is 1. The van der Waals surface area contributed by atoms with Crippen molar-refractivity contribution in [3.63, 3.8) is 0 Å². The number of rotatable bonds is 1. The first-order valence-electron chi connectivity index (χ1n) is 6.44. The van der Waals surface area contributed by atoms with Crippen LogP contribution < -0.4 is 5.32 Å². The van der Waals surface area contributed by atoms with E-state index in [4.69, 9.17) is 11.6 Å². The van der Waals surface area contributed by atoms with Gasteiger partial charge in [0.25, 0.3) is 0 Å². The van der Waals surface area contributed by atoms with Gasteiger partial charge in [-0.05, 0) is 70.6 Å².